The molecule has 1 amide bonds. The van der Waals surface area contributed by atoms with Gasteiger partial charge in [0.15, 0.2) is 0 Å². The molecule has 0 fully saturated rings. The van der Waals surface area contributed by atoms with Crippen LogP contribution < -0.4 is 5.32 Å². The van der Waals surface area contributed by atoms with Crippen molar-refractivity contribution in [3.63, 3.8) is 0 Å². The summed E-state index contributed by atoms with van der Waals surface area (Å²) in [6.45, 7) is 1.97. The highest BCUT2D eigenvalue weighted by Crippen LogP contribution is 2.23. The fraction of sp³-hybridized carbons (Fsp3) is 0.0714. The lowest BCUT2D eigenvalue weighted by Crippen LogP contribution is -2.10. The molecule has 1 aromatic carbocycles. The van der Waals surface area contributed by atoms with Crippen LogP contribution in [0.1, 0.15) is 15.6 Å². The van der Waals surface area contributed by atoms with Gasteiger partial charge in [0.25, 0.3) is 5.91 Å². The standard InChI is InChI=1S/C14H11N3O2S/c1-9-16-12(8-20-9)10-2-4-11(5-3-10)17-14(18)13-6-7-15-19-13/h2-8H,1H3,(H,17,18). The van der Waals surface area contributed by atoms with Crippen LogP contribution in [-0.4, -0.2) is 16.0 Å². The first kappa shape index (κ1) is 12.6. The van der Waals surface area contributed by atoms with Gasteiger partial charge in [-0.15, -0.1) is 11.3 Å². The summed E-state index contributed by atoms with van der Waals surface area (Å²) in [7, 11) is 0. The molecule has 6 heteroatoms. The Morgan fingerprint density at radius 3 is 2.65 bits per heavy atom. The smallest absolute Gasteiger partial charge is 0.294 e. The molecule has 0 aliphatic heterocycles. The molecule has 0 radical (unpaired) electrons. The maximum absolute atomic E-state index is 11.8. The lowest BCUT2D eigenvalue weighted by atomic mass is 10.1. The molecular formula is C14H11N3O2S. The number of amides is 1. The van der Waals surface area contributed by atoms with Gasteiger partial charge in [-0.25, -0.2) is 4.98 Å². The highest BCUT2D eigenvalue weighted by Gasteiger charge is 2.10. The minimum absolute atomic E-state index is 0.184. The molecule has 0 saturated heterocycles. The zero-order valence-electron chi connectivity index (χ0n) is 10.7. The van der Waals surface area contributed by atoms with Gasteiger partial charge in [0.05, 0.1) is 16.9 Å². The molecule has 20 heavy (non-hydrogen) atoms. The Kier molecular flexibility index (Phi) is 3.30. The van der Waals surface area contributed by atoms with E-state index in [1.165, 1.54) is 12.3 Å². The third-order valence-electron chi connectivity index (χ3n) is 2.72. The van der Waals surface area contributed by atoms with Crippen molar-refractivity contribution in [3.05, 3.63) is 52.7 Å². The summed E-state index contributed by atoms with van der Waals surface area (Å²) in [6.07, 6.45) is 1.43. The van der Waals surface area contributed by atoms with Crippen molar-refractivity contribution in [2.75, 3.05) is 5.32 Å². The summed E-state index contributed by atoms with van der Waals surface area (Å²) in [5.74, 6) is -0.135. The van der Waals surface area contributed by atoms with E-state index in [1.54, 1.807) is 11.3 Å². The first-order chi connectivity index (χ1) is 9.72. The zero-order chi connectivity index (χ0) is 13.9. The van der Waals surface area contributed by atoms with Crippen molar-refractivity contribution in [1.82, 2.24) is 10.1 Å². The van der Waals surface area contributed by atoms with E-state index < -0.39 is 0 Å². The van der Waals surface area contributed by atoms with Crippen molar-refractivity contribution in [3.8, 4) is 11.3 Å². The number of thiazole rings is 1. The normalized spacial score (nSPS) is 10.4. The van der Waals surface area contributed by atoms with Gasteiger partial charge in [0.1, 0.15) is 0 Å². The van der Waals surface area contributed by atoms with Crippen LogP contribution in [0.15, 0.2) is 46.4 Å². The molecule has 0 atom stereocenters. The molecule has 0 aliphatic rings. The predicted molar refractivity (Wildman–Crippen MR) is 76.7 cm³/mol. The van der Waals surface area contributed by atoms with E-state index in [0.717, 1.165) is 16.3 Å². The molecule has 0 spiro atoms. The SMILES string of the molecule is Cc1nc(-c2ccc(NC(=O)c3ccno3)cc2)cs1. The Hall–Kier alpha value is -2.47. The summed E-state index contributed by atoms with van der Waals surface area (Å²) >= 11 is 1.61. The summed E-state index contributed by atoms with van der Waals surface area (Å²) in [4.78, 5) is 16.2. The van der Waals surface area contributed by atoms with Crippen molar-refractivity contribution >= 4 is 22.9 Å². The summed E-state index contributed by atoms with van der Waals surface area (Å²) in [5, 5.41) is 9.28. The third kappa shape index (κ3) is 2.60. The van der Waals surface area contributed by atoms with Crippen LogP contribution in [0.4, 0.5) is 5.69 Å². The number of benzene rings is 1. The average Bonchev–Trinajstić information content (AvgIpc) is 3.10. The van der Waals surface area contributed by atoms with E-state index in [0.29, 0.717) is 5.69 Å². The van der Waals surface area contributed by atoms with Gasteiger partial charge in [-0.05, 0) is 19.1 Å². The van der Waals surface area contributed by atoms with Gasteiger partial charge < -0.3 is 9.84 Å². The quantitative estimate of drug-likeness (QED) is 0.801. The maximum atomic E-state index is 11.8. The number of anilines is 1. The van der Waals surface area contributed by atoms with E-state index in [2.05, 4.69) is 15.5 Å². The molecular weight excluding hydrogens is 274 g/mol. The maximum Gasteiger partial charge on any atom is 0.294 e. The molecule has 0 bridgehead atoms. The van der Waals surface area contributed by atoms with Crippen LogP contribution in [0.3, 0.4) is 0 Å². The van der Waals surface area contributed by atoms with Gasteiger partial charge in [0.2, 0.25) is 5.76 Å². The monoisotopic (exact) mass is 285 g/mol. The number of aromatic nitrogens is 2. The van der Waals surface area contributed by atoms with E-state index in [4.69, 9.17) is 4.52 Å². The van der Waals surface area contributed by atoms with Gasteiger partial charge in [-0.3, -0.25) is 4.79 Å². The van der Waals surface area contributed by atoms with E-state index in [9.17, 15) is 4.79 Å². The van der Waals surface area contributed by atoms with Crippen molar-refractivity contribution in [2.45, 2.75) is 6.92 Å². The van der Waals surface area contributed by atoms with Gasteiger partial charge in [-0.2, -0.15) is 0 Å². The molecule has 0 unspecified atom stereocenters. The molecule has 5 nitrogen and oxygen atoms in total. The molecule has 3 rings (SSSR count). The molecule has 2 aromatic heterocycles. The summed E-state index contributed by atoms with van der Waals surface area (Å²) in [5.41, 5.74) is 2.66. The van der Waals surface area contributed by atoms with E-state index in [-0.39, 0.29) is 11.7 Å². The van der Waals surface area contributed by atoms with Crippen LogP contribution in [0.25, 0.3) is 11.3 Å². The Bertz CT molecular complexity index is 717. The molecule has 2 heterocycles. The molecule has 0 aliphatic carbocycles. The Morgan fingerprint density at radius 2 is 2.05 bits per heavy atom. The van der Waals surface area contributed by atoms with Crippen LogP contribution in [0.5, 0.6) is 0 Å². The first-order valence-corrected chi connectivity index (χ1v) is 6.85. The second-order valence-electron chi connectivity index (χ2n) is 4.16. The Labute approximate surface area is 119 Å². The van der Waals surface area contributed by atoms with E-state index in [1.807, 2.05) is 36.6 Å². The number of carbonyl (C=O) groups is 1. The Balaban J connectivity index is 1.75. The minimum atomic E-state index is -0.320. The molecule has 100 valence electrons. The zero-order valence-corrected chi connectivity index (χ0v) is 11.5. The second-order valence-corrected chi connectivity index (χ2v) is 5.22. The first-order valence-electron chi connectivity index (χ1n) is 5.97. The molecule has 1 N–H and O–H groups in total. The van der Waals surface area contributed by atoms with Crippen LogP contribution in [0.2, 0.25) is 0 Å². The number of rotatable bonds is 3. The number of hydrogen-bond donors (Lipinski definition) is 1. The largest absolute Gasteiger partial charge is 0.351 e. The number of hydrogen-bond acceptors (Lipinski definition) is 5. The van der Waals surface area contributed by atoms with Crippen LogP contribution >= 0.6 is 11.3 Å². The second kappa shape index (κ2) is 5.26. The lowest BCUT2D eigenvalue weighted by molar-refractivity contribution is 0.0988. The number of nitrogens with zero attached hydrogens (tertiary/aromatic N) is 2. The Morgan fingerprint density at radius 1 is 1.25 bits per heavy atom. The fourth-order valence-electron chi connectivity index (χ4n) is 1.75. The topological polar surface area (TPSA) is 68.0 Å². The third-order valence-corrected chi connectivity index (χ3v) is 3.49. The lowest BCUT2D eigenvalue weighted by Gasteiger charge is -2.03. The van der Waals surface area contributed by atoms with Crippen LogP contribution in [-0.2, 0) is 0 Å². The minimum Gasteiger partial charge on any atom is -0.351 e. The van der Waals surface area contributed by atoms with Gasteiger partial charge >= 0.3 is 0 Å². The number of aryl methyl sites for hydroxylation is 1. The van der Waals surface area contributed by atoms with Gasteiger partial charge in [0, 0.05) is 22.7 Å². The van der Waals surface area contributed by atoms with Crippen molar-refractivity contribution in [2.24, 2.45) is 0 Å². The van der Waals surface area contributed by atoms with Crippen molar-refractivity contribution < 1.29 is 9.32 Å². The highest BCUT2D eigenvalue weighted by molar-refractivity contribution is 7.09. The number of nitrogens with one attached hydrogen (secondary N) is 1. The predicted octanol–water partition coefficient (Wildman–Crippen LogP) is 3.36. The summed E-state index contributed by atoms with van der Waals surface area (Å²) < 4.78 is 4.79. The van der Waals surface area contributed by atoms with Crippen LogP contribution in [0, 0.1) is 6.92 Å². The highest BCUT2D eigenvalue weighted by atomic mass is 32.1. The van der Waals surface area contributed by atoms with E-state index >= 15 is 0 Å². The average molecular weight is 285 g/mol. The number of carbonyl (C=O) groups excluding carboxylic acids is 1. The van der Waals surface area contributed by atoms with Crippen molar-refractivity contribution in [1.29, 1.82) is 0 Å². The molecule has 3 aromatic rings. The molecule has 0 saturated carbocycles. The van der Waals surface area contributed by atoms with Gasteiger partial charge in [-0.1, -0.05) is 17.3 Å². The fourth-order valence-corrected chi connectivity index (χ4v) is 2.37. The summed E-state index contributed by atoms with van der Waals surface area (Å²) in [6, 6.07) is 9.02.